The lowest BCUT2D eigenvalue weighted by atomic mass is 9.73. The summed E-state index contributed by atoms with van der Waals surface area (Å²) in [4.78, 5) is 19.1. The summed E-state index contributed by atoms with van der Waals surface area (Å²) in [5.41, 5.74) is 4.03. The molecule has 2 heterocycles. The van der Waals surface area contributed by atoms with E-state index < -0.39 is 46.8 Å². The Kier molecular flexibility index (Phi) is 17.1. The predicted molar refractivity (Wildman–Crippen MR) is 256 cm³/mol. The molecule has 4 N–H and O–H groups in total. The fourth-order valence-corrected chi connectivity index (χ4v) is 11.2. The molecule has 3 aliphatic rings. The van der Waals surface area contributed by atoms with Gasteiger partial charge in [-0.3, -0.25) is 9.69 Å². The van der Waals surface area contributed by atoms with Crippen molar-refractivity contribution in [1.29, 1.82) is 0 Å². The van der Waals surface area contributed by atoms with Crippen LogP contribution in [0.3, 0.4) is 0 Å². The van der Waals surface area contributed by atoms with Crippen LogP contribution in [0.4, 0.5) is 24.5 Å². The van der Waals surface area contributed by atoms with Crippen molar-refractivity contribution in [2.45, 2.75) is 66.1 Å². The van der Waals surface area contributed by atoms with Gasteiger partial charge in [0.15, 0.2) is 0 Å². The summed E-state index contributed by atoms with van der Waals surface area (Å²) < 4.78 is 90.4. The number of amides is 1. The number of nitrogens with two attached hydrogens (primary N) is 1. The molecule has 0 radical (unpaired) electrons. The number of allylic oxidation sites excluding steroid dienone is 1. The molecule has 0 aromatic heterocycles. The van der Waals surface area contributed by atoms with Crippen LogP contribution in [0.1, 0.15) is 61.9 Å². The number of nitrogens with one attached hydrogen (secondary N) is 2. The van der Waals surface area contributed by atoms with Crippen LogP contribution < -0.4 is 20.7 Å². The fraction of sp³-hybridized carbons (Fsp3) is 0.426. The first kappa shape index (κ1) is 50.3. The standard InChI is InChI=1S/C33H36ClF3N4O5S2.C14H22N2S/c1-32(2)14-13-28(22-3-7-25(34)8-4-22)24(20-32)21-40-15-17-41(18-16-40)26-9-5-23(6-10-26)31(42)39-48(45,46)27-11-12-29(38)30(19-27)47(43,44)33(35,36)37;1-2-6-14(7-3-1)17-13-5-4-10-16-11-8-15-9-12-16/h3-12,19H,13-18,20-21,38H2,1-2H3,(H,39,42);1-3,6-7,15H,4-5,8-13H2. The first-order chi connectivity index (χ1) is 30.8. The summed E-state index contributed by atoms with van der Waals surface area (Å²) in [7, 11) is -10.7. The van der Waals surface area contributed by atoms with Gasteiger partial charge in [-0.05, 0) is 128 Å². The van der Waals surface area contributed by atoms with Crippen LogP contribution in [0.5, 0.6) is 0 Å². The molecule has 2 saturated heterocycles. The summed E-state index contributed by atoms with van der Waals surface area (Å²) in [6.45, 7) is 14.7. The maximum Gasteiger partial charge on any atom is 0.501 e. The van der Waals surface area contributed by atoms with Gasteiger partial charge >= 0.3 is 5.51 Å². The van der Waals surface area contributed by atoms with Gasteiger partial charge in [-0.2, -0.15) is 13.2 Å². The van der Waals surface area contributed by atoms with Gasteiger partial charge in [0.05, 0.1) is 10.6 Å². The summed E-state index contributed by atoms with van der Waals surface area (Å²) in [5.74, 6) is 0.208. The average Bonchev–Trinajstić information content (AvgIpc) is 3.27. The summed E-state index contributed by atoms with van der Waals surface area (Å²) in [6.07, 6.45) is 5.82. The van der Waals surface area contributed by atoms with Crippen molar-refractivity contribution in [3.05, 3.63) is 119 Å². The number of sulfonamides is 1. The number of carbonyl (C=O) groups excluding carboxylic acids is 1. The van der Waals surface area contributed by atoms with Crippen LogP contribution in [0, 0.1) is 5.41 Å². The van der Waals surface area contributed by atoms with E-state index in [0.29, 0.717) is 5.02 Å². The third kappa shape index (κ3) is 14.0. The zero-order valence-corrected chi connectivity index (χ0v) is 40.0. The molecular weight excluding hydrogens is 917 g/mol. The Morgan fingerprint density at radius 1 is 0.846 bits per heavy atom. The van der Waals surface area contributed by atoms with Crippen LogP contribution in [-0.4, -0.2) is 109 Å². The van der Waals surface area contributed by atoms with Crippen LogP contribution in [0.2, 0.25) is 5.02 Å². The van der Waals surface area contributed by atoms with E-state index in [9.17, 15) is 34.8 Å². The van der Waals surface area contributed by atoms with E-state index in [1.54, 1.807) is 16.9 Å². The number of carbonyl (C=O) groups is 1. The number of benzene rings is 4. The number of hydrogen-bond donors (Lipinski definition) is 3. The van der Waals surface area contributed by atoms with Crippen molar-refractivity contribution >= 4 is 66.1 Å². The van der Waals surface area contributed by atoms with E-state index in [4.69, 9.17) is 17.3 Å². The van der Waals surface area contributed by atoms with Crippen LogP contribution in [0.25, 0.3) is 5.57 Å². The second kappa shape index (κ2) is 22.1. The highest BCUT2D eigenvalue weighted by Crippen LogP contribution is 2.43. The van der Waals surface area contributed by atoms with Gasteiger partial charge in [0.2, 0.25) is 0 Å². The second-order valence-electron chi connectivity index (χ2n) is 17.3. The maximum absolute atomic E-state index is 13.1. The highest BCUT2D eigenvalue weighted by molar-refractivity contribution is 7.99. The fourth-order valence-electron chi connectivity index (χ4n) is 8.18. The average molecular weight is 976 g/mol. The van der Waals surface area contributed by atoms with Gasteiger partial charge in [0.25, 0.3) is 25.8 Å². The Hall–Kier alpha value is -4.10. The topological polar surface area (TPSA) is 145 Å². The summed E-state index contributed by atoms with van der Waals surface area (Å²) in [5, 5.41) is 4.11. The highest BCUT2D eigenvalue weighted by Gasteiger charge is 2.48. The number of thioether (sulfide) groups is 1. The molecule has 4 aromatic carbocycles. The second-order valence-corrected chi connectivity index (χ2v) is 22.5. The first-order valence-corrected chi connectivity index (χ1v) is 26.1. The molecule has 7 rings (SSSR count). The largest absolute Gasteiger partial charge is 0.501 e. The van der Waals surface area contributed by atoms with Crippen LogP contribution >= 0.6 is 23.4 Å². The van der Waals surface area contributed by atoms with Gasteiger partial charge in [-0.15, -0.1) is 11.8 Å². The van der Waals surface area contributed by atoms with E-state index in [-0.39, 0.29) is 17.0 Å². The number of piperazine rings is 2. The predicted octanol–water partition coefficient (Wildman–Crippen LogP) is 8.58. The van der Waals surface area contributed by atoms with Crippen LogP contribution in [0.15, 0.2) is 117 Å². The van der Waals surface area contributed by atoms with E-state index in [2.05, 4.69) is 76.3 Å². The Bertz CT molecular complexity index is 2480. The first-order valence-electron chi connectivity index (χ1n) is 21.7. The number of hydrogen-bond acceptors (Lipinski definition) is 11. The zero-order chi connectivity index (χ0) is 46.8. The molecule has 0 spiro atoms. The number of rotatable bonds is 14. The third-order valence-electron chi connectivity index (χ3n) is 11.9. The van der Waals surface area contributed by atoms with Crippen molar-refractivity contribution < 1.29 is 34.8 Å². The maximum atomic E-state index is 13.1. The van der Waals surface area contributed by atoms with E-state index in [0.717, 1.165) is 69.8 Å². The minimum atomic E-state index is -5.93. The normalized spacial score (nSPS) is 17.6. The lowest BCUT2D eigenvalue weighted by Crippen LogP contribution is -2.47. The number of alkyl halides is 3. The number of sulfone groups is 1. The lowest BCUT2D eigenvalue weighted by Gasteiger charge is -2.39. The Morgan fingerprint density at radius 2 is 1.51 bits per heavy atom. The molecule has 0 atom stereocenters. The van der Waals surface area contributed by atoms with Crippen molar-refractivity contribution in [3.8, 4) is 0 Å². The van der Waals surface area contributed by atoms with Gasteiger partial charge in [-0.25, -0.2) is 21.6 Å². The molecule has 2 fully saturated rings. The molecule has 0 bridgehead atoms. The minimum Gasteiger partial charge on any atom is -0.398 e. The van der Waals surface area contributed by atoms with Gasteiger partial charge in [0.1, 0.15) is 4.90 Å². The summed E-state index contributed by atoms with van der Waals surface area (Å²) >= 11 is 8.11. The number of nitrogens with zero attached hydrogens (tertiary/aromatic N) is 3. The molecule has 0 saturated carbocycles. The Labute approximate surface area is 390 Å². The number of halogens is 4. The molecule has 0 unspecified atom stereocenters. The third-order valence-corrected chi connectivity index (χ3v) is 16.1. The van der Waals surface area contributed by atoms with E-state index >= 15 is 0 Å². The van der Waals surface area contributed by atoms with Crippen molar-refractivity contribution in [2.75, 3.05) is 81.8 Å². The molecule has 11 nitrogen and oxygen atoms in total. The molecule has 65 heavy (non-hydrogen) atoms. The van der Waals surface area contributed by atoms with Crippen molar-refractivity contribution in [1.82, 2.24) is 19.8 Å². The molecule has 4 aromatic rings. The van der Waals surface area contributed by atoms with E-state index in [1.807, 2.05) is 23.9 Å². The molecule has 1 aliphatic carbocycles. The summed E-state index contributed by atoms with van der Waals surface area (Å²) in [6, 6.07) is 26.8. The van der Waals surface area contributed by atoms with Gasteiger partial charge < -0.3 is 20.9 Å². The molecular formula is C47H58ClF3N6O5S3. The van der Waals surface area contributed by atoms with Gasteiger partial charge in [0, 0.05) is 80.1 Å². The van der Waals surface area contributed by atoms with Gasteiger partial charge in [-0.1, -0.05) is 61.4 Å². The SMILES string of the molecule is CC1(C)CCC(c2ccc(Cl)cc2)=C(CN2CCN(c3ccc(C(=O)NS(=O)(=O)c4ccc(N)c(S(=O)(=O)C(F)(F)F)c4)cc3)CC2)C1.c1ccc(SCCCCN2CCNCC2)cc1. The number of unbranched alkanes of at least 4 members (excludes halogenated alkanes) is 1. The van der Waals surface area contributed by atoms with E-state index in [1.165, 1.54) is 85.1 Å². The number of anilines is 2. The Morgan fingerprint density at radius 3 is 2.15 bits per heavy atom. The minimum absolute atomic E-state index is 0.0129. The zero-order valence-electron chi connectivity index (χ0n) is 36.7. The lowest BCUT2D eigenvalue weighted by molar-refractivity contribution is -0.0435. The monoisotopic (exact) mass is 974 g/mol. The number of nitrogen functional groups attached to an aromatic ring is 1. The molecule has 1 amide bonds. The molecule has 18 heteroatoms. The molecule has 2 aliphatic heterocycles. The smallest absolute Gasteiger partial charge is 0.398 e. The van der Waals surface area contributed by atoms with Crippen molar-refractivity contribution in [2.24, 2.45) is 5.41 Å². The van der Waals surface area contributed by atoms with Crippen LogP contribution in [-0.2, 0) is 19.9 Å². The quantitative estimate of drug-likeness (QED) is 0.0635. The van der Waals surface area contributed by atoms with Crippen molar-refractivity contribution in [3.63, 3.8) is 0 Å². The highest BCUT2D eigenvalue weighted by atomic mass is 35.5. The Balaban J connectivity index is 0.000000343. The molecule has 352 valence electrons.